The van der Waals surface area contributed by atoms with Crippen molar-refractivity contribution in [2.75, 3.05) is 0 Å². The van der Waals surface area contributed by atoms with Crippen molar-refractivity contribution in [3.63, 3.8) is 0 Å². The van der Waals surface area contributed by atoms with Crippen molar-refractivity contribution in [2.45, 2.75) is 0 Å². The van der Waals surface area contributed by atoms with Crippen molar-refractivity contribution in [1.82, 2.24) is 19.5 Å². The van der Waals surface area contributed by atoms with E-state index in [1.54, 1.807) is 24.3 Å². The van der Waals surface area contributed by atoms with Gasteiger partial charge in [0.05, 0.1) is 33.0 Å². The topological polar surface area (TPSA) is 56.7 Å². The van der Waals surface area contributed by atoms with E-state index in [4.69, 9.17) is 31.7 Å². The number of hydrogen-bond donors (Lipinski definition) is 0. The molecule has 11 aromatic rings. The molecule has 56 heavy (non-hydrogen) atoms. The molecule has 3 heterocycles. The summed E-state index contributed by atoms with van der Waals surface area (Å²) in [4.78, 5) is 14.7. The number of hydrogen-bond acceptors (Lipinski definition) is 4. The molecule has 11 rings (SSSR count). The average molecular weight is 733 g/mol. The van der Waals surface area contributed by atoms with Gasteiger partial charge in [-0.15, -0.1) is 0 Å². The maximum Gasteiger partial charge on any atom is 0.164 e. The van der Waals surface area contributed by atoms with Gasteiger partial charge in [0.1, 0.15) is 11.2 Å². The Morgan fingerprint density at radius 3 is 1.89 bits per heavy atom. The molecular weight excluding hydrogens is 685 g/mol. The lowest BCUT2D eigenvalue weighted by molar-refractivity contribution is 0.669. The Labute approximate surface area is 345 Å². The first-order chi connectivity index (χ1) is 34.4. The quantitative estimate of drug-likeness (QED) is 0.171. The molecule has 5 nitrogen and oxygen atoms in total. The van der Waals surface area contributed by atoms with Crippen LogP contribution in [-0.2, 0) is 0 Å². The van der Waals surface area contributed by atoms with Crippen LogP contribution >= 0.6 is 0 Å². The highest BCUT2D eigenvalue weighted by molar-refractivity contribution is 6.14. The number of para-hydroxylation sites is 3. The van der Waals surface area contributed by atoms with Crippen molar-refractivity contribution < 1.29 is 26.3 Å². The molecule has 0 saturated carbocycles. The molecule has 0 N–H and O–H groups in total. The summed E-state index contributed by atoms with van der Waals surface area (Å²) in [6, 6.07) is 17.3. The zero-order valence-corrected chi connectivity index (χ0v) is 28.9. The standard InChI is InChI=1S/C51H32N4O/c1-3-13-33(14-4-1)34-25-28-39(29-26-34)55-45-23-9-7-19-41(45)44-22-12-21-40(48(44)55)36-17-11-18-37(31-36)50-52-49(35-15-5-2-6-16-35)53-51(54-50)38-27-30-43-42-20-8-10-24-46(42)56-47(43)32-38/h1-32H/i1D,3D,4D,7D,9D,12D,13D,14D,19D,21D,22D,23D,25D,26D,28D,29D. The van der Waals surface area contributed by atoms with Gasteiger partial charge in [0.25, 0.3) is 0 Å². The molecule has 0 spiro atoms. The molecule has 0 fully saturated rings. The van der Waals surface area contributed by atoms with Crippen LogP contribution in [0.25, 0.3) is 106 Å². The molecule has 0 bridgehead atoms. The Morgan fingerprint density at radius 1 is 0.411 bits per heavy atom. The number of nitrogens with zero attached hydrogens (tertiary/aromatic N) is 4. The molecule has 0 aliphatic carbocycles. The Kier molecular flexibility index (Phi) is 4.57. The van der Waals surface area contributed by atoms with Crippen LogP contribution in [0.5, 0.6) is 0 Å². The van der Waals surface area contributed by atoms with E-state index in [-0.39, 0.29) is 38.8 Å². The van der Waals surface area contributed by atoms with E-state index in [1.807, 2.05) is 72.8 Å². The van der Waals surface area contributed by atoms with E-state index in [0.717, 1.165) is 15.3 Å². The molecule has 0 amide bonds. The lowest BCUT2D eigenvalue weighted by Gasteiger charge is -2.13. The van der Waals surface area contributed by atoms with Crippen molar-refractivity contribution in [1.29, 1.82) is 0 Å². The molecule has 262 valence electrons. The zero-order chi connectivity index (χ0) is 50.9. The van der Waals surface area contributed by atoms with Gasteiger partial charge in [0.2, 0.25) is 0 Å². The highest BCUT2D eigenvalue weighted by Gasteiger charge is 2.19. The van der Waals surface area contributed by atoms with Crippen LogP contribution in [0.2, 0.25) is 0 Å². The van der Waals surface area contributed by atoms with E-state index in [2.05, 4.69) is 0 Å². The molecule has 8 aromatic carbocycles. The van der Waals surface area contributed by atoms with Crippen LogP contribution < -0.4 is 0 Å². The van der Waals surface area contributed by atoms with Gasteiger partial charge in [-0.2, -0.15) is 0 Å². The van der Waals surface area contributed by atoms with Crippen LogP contribution in [0.15, 0.2) is 198 Å². The van der Waals surface area contributed by atoms with E-state index in [9.17, 15) is 9.60 Å². The van der Waals surface area contributed by atoms with Gasteiger partial charge >= 0.3 is 0 Å². The van der Waals surface area contributed by atoms with Gasteiger partial charge < -0.3 is 8.98 Å². The summed E-state index contributed by atoms with van der Waals surface area (Å²) in [5, 5.41) is 1.29. The average Bonchev–Trinajstić information content (AvgIpc) is 3.94. The fraction of sp³-hybridized carbons (Fsp3) is 0. The summed E-state index contributed by atoms with van der Waals surface area (Å²) < 4.78 is 150. The predicted octanol–water partition coefficient (Wildman–Crippen LogP) is 13.2. The summed E-state index contributed by atoms with van der Waals surface area (Å²) in [6.45, 7) is 0. The Hall–Kier alpha value is -7.63. The predicted molar refractivity (Wildman–Crippen MR) is 229 cm³/mol. The third-order valence-electron chi connectivity index (χ3n) is 9.51. The maximum absolute atomic E-state index is 9.50. The van der Waals surface area contributed by atoms with Gasteiger partial charge in [-0.3, -0.25) is 0 Å². The Morgan fingerprint density at radius 2 is 1.05 bits per heavy atom. The number of rotatable bonds is 6. The second-order valence-corrected chi connectivity index (χ2v) is 12.8. The van der Waals surface area contributed by atoms with Crippen LogP contribution in [0, 0.1) is 0 Å². The van der Waals surface area contributed by atoms with E-state index < -0.39 is 113 Å². The molecule has 0 radical (unpaired) electrons. The number of furan rings is 1. The number of fused-ring (bicyclic) bond motifs is 6. The summed E-state index contributed by atoms with van der Waals surface area (Å²) in [7, 11) is 0. The van der Waals surface area contributed by atoms with Crippen molar-refractivity contribution >= 4 is 43.7 Å². The Bertz CT molecular complexity index is 4140. The van der Waals surface area contributed by atoms with E-state index >= 15 is 0 Å². The van der Waals surface area contributed by atoms with Crippen LogP contribution in [0.3, 0.4) is 0 Å². The first-order valence-corrected chi connectivity index (χ1v) is 17.5. The SMILES string of the molecule is [2H]c1c([2H])c([2H])c(-c2c([2H])c([2H])c(-n3c4c([2H])c([2H])c([2H])c([2H])c4c4c([2H])c([2H])c([2H])c(-c5cccc(-c6nc(-c7ccccc7)nc(-c7ccc8c(c7)oc7ccccc78)n6)c5)c43)c([2H])c2[2H])c([2H])c1[2H]. The van der Waals surface area contributed by atoms with Gasteiger partial charge in [0.15, 0.2) is 17.5 Å². The van der Waals surface area contributed by atoms with E-state index in [1.165, 1.54) is 0 Å². The monoisotopic (exact) mass is 732 g/mol. The summed E-state index contributed by atoms with van der Waals surface area (Å²) in [5.41, 5.74) is 0.608. The smallest absolute Gasteiger partial charge is 0.164 e. The zero-order valence-electron chi connectivity index (χ0n) is 44.9. The molecule has 0 aliphatic rings. The van der Waals surface area contributed by atoms with Gasteiger partial charge in [-0.05, 0) is 59.1 Å². The lowest BCUT2D eigenvalue weighted by Crippen LogP contribution is -2.00. The molecule has 0 unspecified atom stereocenters. The summed E-state index contributed by atoms with van der Waals surface area (Å²) in [5.74, 6) is 0.792. The van der Waals surface area contributed by atoms with Crippen LogP contribution in [0.4, 0.5) is 0 Å². The van der Waals surface area contributed by atoms with Gasteiger partial charge in [-0.25, -0.2) is 15.0 Å². The molecule has 0 atom stereocenters. The fourth-order valence-corrected chi connectivity index (χ4v) is 6.95. The second kappa shape index (κ2) is 13.0. The van der Waals surface area contributed by atoms with Crippen molar-refractivity contribution in [2.24, 2.45) is 0 Å². The third kappa shape index (κ3) is 5.37. The highest BCUT2D eigenvalue weighted by atomic mass is 16.3. The minimum Gasteiger partial charge on any atom is -0.456 e. The fourth-order valence-electron chi connectivity index (χ4n) is 6.95. The molecule has 0 aliphatic heterocycles. The van der Waals surface area contributed by atoms with Crippen molar-refractivity contribution in [3.8, 4) is 62.1 Å². The van der Waals surface area contributed by atoms with E-state index in [0.29, 0.717) is 39.5 Å². The van der Waals surface area contributed by atoms with Gasteiger partial charge in [-0.1, -0.05) is 151 Å². The minimum absolute atomic E-state index is 0.125. The largest absolute Gasteiger partial charge is 0.456 e. The molecule has 0 saturated heterocycles. The first-order valence-electron chi connectivity index (χ1n) is 25.5. The Balaban J connectivity index is 1.20. The second-order valence-electron chi connectivity index (χ2n) is 12.8. The first kappa shape index (κ1) is 19.6. The molecular formula is C51H32N4O. The highest BCUT2D eigenvalue weighted by Crippen LogP contribution is 2.40. The normalized spacial score (nSPS) is 15.6. The number of benzene rings is 8. The van der Waals surface area contributed by atoms with Crippen LogP contribution in [-0.4, -0.2) is 19.5 Å². The maximum atomic E-state index is 9.50. The number of aromatic nitrogens is 4. The molecule has 3 aromatic heterocycles. The van der Waals surface area contributed by atoms with Gasteiger partial charge in [0, 0.05) is 49.5 Å². The summed E-state index contributed by atoms with van der Waals surface area (Å²) in [6.07, 6.45) is 0. The molecule has 5 heteroatoms. The lowest BCUT2D eigenvalue weighted by atomic mass is 9.99. The summed E-state index contributed by atoms with van der Waals surface area (Å²) >= 11 is 0. The van der Waals surface area contributed by atoms with Crippen LogP contribution in [0.1, 0.15) is 21.9 Å². The minimum atomic E-state index is -0.849. The third-order valence-corrected chi connectivity index (χ3v) is 9.51. The van der Waals surface area contributed by atoms with Crippen molar-refractivity contribution in [3.05, 3.63) is 194 Å².